The Morgan fingerprint density at radius 1 is 1.50 bits per heavy atom. The normalized spacial score (nSPS) is 24.4. The van der Waals surface area contributed by atoms with Crippen molar-refractivity contribution in [1.29, 1.82) is 0 Å². The molecule has 1 unspecified atom stereocenters. The van der Waals surface area contributed by atoms with Crippen molar-refractivity contribution >= 4 is 0 Å². The van der Waals surface area contributed by atoms with Gasteiger partial charge in [-0.15, -0.1) is 0 Å². The van der Waals surface area contributed by atoms with Crippen molar-refractivity contribution in [3.8, 4) is 0 Å². The molecule has 0 saturated carbocycles. The highest BCUT2D eigenvalue weighted by Gasteiger charge is 2.20. The fraction of sp³-hybridized carbons (Fsp3) is 0.909. The Balaban J connectivity index is 2.21. The van der Waals surface area contributed by atoms with Gasteiger partial charge in [-0.1, -0.05) is 13.8 Å². The maximum absolute atomic E-state index is 5.69. The van der Waals surface area contributed by atoms with Crippen LogP contribution in [0.15, 0.2) is 0 Å². The zero-order chi connectivity index (χ0) is 10.4. The average molecular weight is 199 g/mol. The molecule has 0 aliphatic carbocycles. The first kappa shape index (κ1) is 12.0. The van der Waals surface area contributed by atoms with Gasteiger partial charge in [-0.2, -0.15) is 0 Å². The molecule has 0 amide bonds. The summed E-state index contributed by atoms with van der Waals surface area (Å²) in [7, 11) is 0. The zero-order valence-electron chi connectivity index (χ0n) is 9.46. The average Bonchev–Trinajstić information content (AvgIpc) is 2.14. The maximum Gasteiger partial charge on any atom is 0.0703 e. The number of morpholine rings is 1. The number of ether oxygens (including phenoxy) is 1. The molecule has 0 aromatic carbocycles. The number of nitrogens with two attached hydrogens (primary N) is 1. The van der Waals surface area contributed by atoms with Crippen molar-refractivity contribution < 1.29 is 4.74 Å². The second kappa shape index (κ2) is 6.38. The van der Waals surface area contributed by atoms with Crippen molar-refractivity contribution in [1.82, 2.24) is 4.90 Å². The third kappa shape index (κ3) is 4.40. The monoisotopic (exact) mass is 199 g/mol. The van der Waals surface area contributed by atoms with Gasteiger partial charge < -0.3 is 10.5 Å². The summed E-state index contributed by atoms with van der Waals surface area (Å²) in [4.78, 5) is 2.47. The minimum absolute atomic E-state index is 0.409. The molecule has 3 nitrogen and oxygen atoms in total. The summed E-state index contributed by atoms with van der Waals surface area (Å²) >= 11 is 0. The van der Waals surface area contributed by atoms with E-state index >= 15 is 0 Å². The fourth-order valence-corrected chi connectivity index (χ4v) is 1.89. The van der Waals surface area contributed by atoms with E-state index in [1.165, 1.54) is 5.92 Å². The Labute approximate surface area is 87.6 Å². The number of hydrogen-bond donors (Lipinski definition) is 1. The first-order valence-corrected chi connectivity index (χ1v) is 5.55. The SMILES string of the molecule is C[C](C)CN1CCOC(CCCN)C1. The van der Waals surface area contributed by atoms with Crippen LogP contribution < -0.4 is 5.73 Å². The highest BCUT2D eigenvalue weighted by Crippen LogP contribution is 2.12. The first-order valence-electron chi connectivity index (χ1n) is 5.55. The molecule has 1 aliphatic rings. The van der Waals surface area contributed by atoms with E-state index in [9.17, 15) is 0 Å². The van der Waals surface area contributed by atoms with E-state index in [-0.39, 0.29) is 0 Å². The Bertz CT molecular complexity index is 150. The van der Waals surface area contributed by atoms with Crippen molar-refractivity contribution in [3.05, 3.63) is 5.92 Å². The van der Waals surface area contributed by atoms with Gasteiger partial charge >= 0.3 is 0 Å². The summed E-state index contributed by atoms with van der Waals surface area (Å²) in [6.45, 7) is 9.29. The van der Waals surface area contributed by atoms with Crippen molar-refractivity contribution in [2.45, 2.75) is 32.8 Å². The molecule has 14 heavy (non-hydrogen) atoms. The molecule has 83 valence electrons. The third-order valence-corrected chi connectivity index (χ3v) is 2.49. The molecule has 0 aromatic heterocycles. The summed E-state index contributed by atoms with van der Waals surface area (Å²) in [5.74, 6) is 1.48. The van der Waals surface area contributed by atoms with E-state index in [4.69, 9.17) is 10.5 Å². The fourth-order valence-electron chi connectivity index (χ4n) is 1.89. The summed E-state index contributed by atoms with van der Waals surface area (Å²) in [6.07, 6.45) is 2.59. The molecule has 1 atom stereocenters. The Morgan fingerprint density at radius 2 is 2.29 bits per heavy atom. The lowest BCUT2D eigenvalue weighted by Crippen LogP contribution is -2.43. The van der Waals surface area contributed by atoms with Crippen molar-refractivity contribution in [3.63, 3.8) is 0 Å². The summed E-state index contributed by atoms with van der Waals surface area (Å²) in [5, 5.41) is 0. The van der Waals surface area contributed by atoms with Crippen LogP contribution in [-0.2, 0) is 4.74 Å². The number of rotatable bonds is 5. The lowest BCUT2D eigenvalue weighted by atomic mass is 10.1. The van der Waals surface area contributed by atoms with Gasteiger partial charge in [0.05, 0.1) is 12.7 Å². The van der Waals surface area contributed by atoms with Crippen molar-refractivity contribution in [2.24, 2.45) is 5.73 Å². The lowest BCUT2D eigenvalue weighted by Gasteiger charge is -2.33. The first-order chi connectivity index (χ1) is 6.72. The molecular weight excluding hydrogens is 176 g/mol. The summed E-state index contributed by atoms with van der Waals surface area (Å²) < 4.78 is 5.69. The topological polar surface area (TPSA) is 38.5 Å². The Hall–Kier alpha value is -0.120. The molecule has 2 N–H and O–H groups in total. The molecule has 0 aromatic rings. The third-order valence-electron chi connectivity index (χ3n) is 2.49. The van der Waals surface area contributed by atoms with Gasteiger partial charge in [0.2, 0.25) is 0 Å². The van der Waals surface area contributed by atoms with Crippen LogP contribution in [0.2, 0.25) is 0 Å². The standard InChI is InChI=1S/C11H23N2O/c1-10(2)8-13-6-7-14-11(9-13)4-3-5-12/h11H,3-9,12H2,1-2H3. The molecule has 0 bridgehead atoms. The minimum Gasteiger partial charge on any atom is -0.376 e. The van der Waals surface area contributed by atoms with Crippen LogP contribution in [0.1, 0.15) is 26.7 Å². The van der Waals surface area contributed by atoms with Gasteiger partial charge in [-0.25, -0.2) is 0 Å². The van der Waals surface area contributed by atoms with Crippen LogP contribution in [0.3, 0.4) is 0 Å². The largest absolute Gasteiger partial charge is 0.376 e. The molecule has 3 heteroatoms. The van der Waals surface area contributed by atoms with Crippen molar-refractivity contribution in [2.75, 3.05) is 32.8 Å². The summed E-state index contributed by atoms with van der Waals surface area (Å²) in [5.41, 5.74) is 5.49. The quantitative estimate of drug-likeness (QED) is 0.719. The molecule has 1 aliphatic heterocycles. The van der Waals surface area contributed by atoms with Crippen LogP contribution in [0.25, 0.3) is 0 Å². The Morgan fingerprint density at radius 3 is 2.93 bits per heavy atom. The predicted octanol–water partition coefficient (Wildman–Crippen LogP) is 1.04. The van der Waals surface area contributed by atoms with Gasteiger partial charge in [-0.3, -0.25) is 4.90 Å². The number of nitrogens with zero attached hydrogens (tertiary/aromatic N) is 1. The van der Waals surface area contributed by atoms with E-state index in [0.29, 0.717) is 6.10 Å². The second-order valence-electron chi connectivity index (χ2n) is 4.37. The van der Waals surface area contributed by atoms with Crippen LogP contribution >= 0.6 is 0 Å². The molecule has 0 spiro atoms. The molecular formula is C11H23N2O. The second-order valence-corrected chi connectivity index (χ2v) is 4.37. The van der Waals surface area contributed by atoms with Crippen LogP contribution in [0.4, 0.5) is 0 Å². The van der Waals surface area contributed by atoms with E-state index in [0.717, 1.165) is 45.6 Å². The molecule has 1 radical (unpaired) electrons. The van der Waals surface area contributed by atoms with Crippen LogP contribution in [-0.4, -0.2) is 43.8 Å². The zero-order valence-corrected chi connectivity index (χ0v) is 9.46. The van der Waals surface area contributed by atoms with Crippen LogP contribution in [0, 0.1) is 5.92 Å². The molecule has 1 heterocycles. The lowest BCUT2D eigenvalue weighted by molar-refractivity contribution is -0.0308. The highest BCUT2D eigenvalue weighted by molar-refractivity contribution is 4.84. The smallest absolute Gasteiger partial charge is 0.0703 e. The Kier molecular flexibility index (Phi) is 5.45. The van der Waals surface area contributed by atoms with E-state index in [2.05, 4.69) is 18.7 Å². The highest BCUT2D eigenvalue weighted by atomic mass is 16.5. The summed E-state index contributed by atoms with van der Waals surface area (Å²) in [6, 6.07) is 0. The molecule has 1 fully saturated rings. The van der Waals surface area contributed by atoms with Gasteiger partial charge in [0, 0.05) is 19.6 Å². The van der Waals surface area contributed by atoms with Gasteiger partial charge in [0.1, 0.15) is 0 Å². The molecule has 1 rings (SSSR count). The minimum atomic E-state index is 0.409. The predicted molar refractivity (Wildman–Crippen MR) is 59.1 cm³/mol. The van der Waals surface area contributed by atoms with Gasteiger partial charge in [0.25, 0.3) is 0 Å². The van der Waals surface area contributed by atoms with Gasteiger partial charge in [0.15, 0.2) is 0 Å². The van der Waals surface area contributed by atoms with Crippen LogP contribution in [0.5, 0.6) is 0 Å². The number of hydrogen-bond acceptors (Lipinski definition) is 3. The van der Waals surface area contributed by atoms with E-state index < -0.39 is 0 Å². The molecule has 1 saturated heterocycles. The maximum atomic E-state index is 5.69. The van der Waals surface area contributed by atoms with Gasteiger partial charge in [-0.05, 0) is 25.3 Å². The van der Waals surface area contributed by atoms with E-state index in [1.54, 1.807) is 0 Å². The van der Waals surface area contributed by atoms with E-state index in [1.807, 2.05) is 0 Å².